The molecule has 6 N–H and O–H groups in total. The van der Waals surface area contributed by atoms with Crippen LogP contribution in [0.5, 0.6) is 0 Å². The zero-order chi connectivity index (χ0) is 53.1. The zero-order valence-corrected chi connectivity index (χ0v) is 47.4. The fourth-order valence-electron chi connectivity index (χ4n) is 9.84. The molecule has 0 aromatic rings. The Morgan fingerprint density at radius 2 is 0.877 bits per heavy atom. The van der Waals surface area contributed by atoms with E-state index < -0.39 is 49.5 Å². The number of esters is 1. The number of rotatable bonds is 54. The first-order chi connectivity index (χ1) is 35.7. The van der Waals surface area contributed by atoms with Crippen molar-refractivity contribution < 1.29 is 49.3 Å². The smallest absolute Gasteiger partial charge is 0.305 e. The van der Waals surface area contributed by atoms with Gasteiger partial charge in [0.15, 0.2) is 6.29 Å². The Balaban J connectivity index is 2.00. The third-order valence-corrected chi connectivity index (χ3v) is 14.8. The third kappa shape index (κ3) is 41.9. The first-order valence-electron chi connectivity index (χ1n) is 31.1. The minimum absolute atomic E-state index is 0.00133. The lowest BCUT2D eigenvalue weighted by atomic mass is 9.99. The van der Waals surface area contributed by atoms with E-state index >= 15 is 0 Å². The molecule has 0 aromatic carbocycles. The van der Waals surface area contributed by atoms with Crippen LogP contribution in [0.25, 0.3) is 0 Å². The maximum atomic E-state index is 13.0. The molecule has 1 rings (SSSR count). The van der Waals surface area contributed by atoms with Crippen LogP contribution in [-0.4, -0.2) is 100 Å². The summed E-state index contributed by atoms with van der Waals surface area (Å²) < 4.78 is 16.7. The number of nitrogens with one attached hydrogen (secondary N) is 1. The second kappa shape index (κ2) is 52.2. The lowest BCUT2D eigenvalue weighted by Crippen LogP contribution is -2.60. The first kappa shape index (κ1) is 69.2. The van der Waals surface area contributed by atoms with Crippen LogP contribution in [0.2, 0.25) is 0 Å². The highest BCUT2D eigenvalue weighted by molar-refractivity contribution is 5.76. The molecule has 11 heteroatoms. The summed E-state index contributed by atoms with van der Waals surface area (Å²) in [5, 5.41) is 54.2. The molecule has 1 amide bonds. The van der Waals surface area contributed by atoms with Gasteiger partial charge in [-0.3, -0.25) is 9.59 Å². The number of hydrogen-bond donors (Lipinski definition) is 6. The van der Waals surface area contributed by atoms with E-state index in [0.717, 1.165) is 70.6 Å². The van der Waals surface area contributed by atoms with Crippen molar-refractivity contribution in [1.82, 2.24) is 5.32 Å². The molecular weight excluding hydrogens is 919 g/mol. The Kier molecular flexibility index (Phi) is 49.5. The quantitative estimate of drug-likeness (QED) is 0.0195. The summed E-state index contributed by atoms with van der Waals surface area (Å²) in [6.45, 7) is 4.32. The summed E-state index contributed by atoms with van der Waals surface area (Å²) >= 11 is 0. The normalized spacial score (nSPS) is 19.0. The van der Waals surface area contributed by atoms with E-state index in [0.29, 0.717) is 19.4 Å². The summed E-state index contributed by atoms with van der Waals surface area (Å²) in [5.74, 6) is -0.188. The van der Waals surface area contributed by atoms with Crippen LogP contribution in [0, 0.1) is 0 Å². The van der Waals surface area contributed by atoms with Gasteiger partial charge < -0.3 is 45.1 Å². The Morgan fingerprint density at radius 1 is 0.493 bits per heavy atom. The highest BCUT2D eigenvalue weighted by Crippen LogP contribution is 2.23. The van der Waals surface area contributed by atoms with Gasteiger partial charge in [-0.15, -0.1) is 0 Å². The number of carbonyl (C=O) groups is 2. The van der Waals surface area contributed by atoms with Gasteiger partial charge in [0.25, 0.3) is 0 Å². The molecule has 73 heavy (non-hydrogen) atoms. The van der Waals surface area contributed by atoms with Gasteiger partial charge in [0, 0.05) is 12.8 Å². The molecule has 11 nitrogen and oxygen atoms in total. The number of aliphatic hydroxyl groups excluding tert-OH is 5. The topological polar surface area (TPSA) is 175 Å². The highest BCUT2D eigenvalue weighted by Gasteiger charge is 2.44. The fraction of sp³-hybridized carbons (Fsp3) is 0.903. The van der Waals surface area contributed by atoms with Crippen LogP contribution in [0.3, 0.4) is 0 Å². The minimum atomic E-state index is -1.57. The monoisotopic (exact) mass is 1040 g/mol. The maximum absolute atomic E-state index is 13.0. The molecule has 7 unspecified atom stereocenters. The molecular formula is C62H117NO10. The van der Waals surface area contributed by atoms with Gasteiger partial charge in [-0.05, 0) is 57.8 Å². The zero-order valence-electron chi connectivity index (χ0n) is 47.4. The molecule has 1 heterocycles. The molecule has 1 aliphatic heterocycles. The van der Waals surface area contributed by atoms with Gasteiger partial charge in [0.1, 0.15) is 24.4 Å². The second-order valence-electron chi connectivity index (χ2n) is 21.8. The largest absolute Gasteiger partial charge is 0.466 e. The molecule has 0 saturated carbocycles. The number of unbranched alkanes of at least 4 members (excludes halogenated alkanes) is 38. The van der Waals surface area contributed by atoms with Crippen LogP contribution < -0.4 is 5.32 Å². The summed E-state index contributed by atoms with van der Waals surface area (Å²) in [6.07, 6.45) is 52.9. The van der Waals surface area contributed by atoms with E-state index in [-0.39, 0.29) is 18.5 Å². The van der Waals surface area contributed by atoms with Gasteiger partial charge in [-0.1, -0.05) is 250 Å². The van der Waals surface area contributed by atoms with E-state index in [2.05, 4.69) is 31.3 Å². The van der Waals surface area contributed by atoms with E-state index in [1.807, 2.05) is 6.08 Å². The minimum Gasteiger partial charge on any atom is -0.466 e. The van der Waals surface area contributed by atoms with Gasteiger partial charge >= 0.3 is 5.97 Å². The van der Waals surface area contributed by atoms with E-state index in [1.54, 1.807) is 6.08 Å². The molecule has 0 spiro atoms. The molecule has 1 saturated heterocycles. The third-order valence-electron chi connectivity index (χ3n) is 14.8. The number of amides is 1. The van der Waals surface area contributed by atoms with Crippen LogP contribution in [0.1, 0.15) is 296 Å². The van der Waals surface area contributed by atoms with Gasteiger partial charge in [-0.2, -0.15) is 0 Å². The SMILES string of the molecule is CCCCCCCCC/C=C/C(O)C(COC1OC(CO)C(O)C(O)C1O)NC(=O)CCCCCCCCC/C=C\CCCCCCCCCCCCCCOC(=O)CCCCCCCCCCCCCCC. The van der Waals surface area contributed by atoms with Crippen molar-refractivity contribution in [3.63, 3.8) is 0 Å². The highest BCUT2D eigenvalue weighted by atomic mass is 16.7. The molecule has 0 aromatic heterocycles. The van der Waals surface area contributed by atoms with Crippen molar-refractivity contribution in [2.75, 3.05) is 19.8 Å². The second-order valence-corrected chi connectivity index (χ2v) is 21.8. The number of hydrogen-bond acceptors (Lipinski definition) is 10. The summed E-state index contributed by atoms with van der Waals surface area (Å²) in [6, 6.07) is -0.812. The Hall–Kier alpha value is -1.86. The number of aliphatic hydroxyl groups is 5. The predicted molar refractivity (Wildman–Crippen MR) is 301 cm³/mol. The molecule has 430 valence electrons. The van der Waals surface area contributed by atoms with Gasteiger partial charge in [-0.25, -0.2) is 0 Å². The first-order valence-corrected chi connectivity index (χ1v) is 31.1. The Labute approximate surface area is 448 Å². The summed E-state index contributed by atoms with van der Waals surface area (Å²) in [7, 11) is 0. The van der Waals surface area contributed by atoms with Crippen molar-refractivity contribution in [3.8, 4) is 0 Å². The summed E-state index contributed by atoms with van der Waals surface area (Å²) in [4.78, 5) is 25.0. The van der Waals surface area contributed by atoms with E-state index in [9.17, 15) is 35.1 Å². The molecule has 7 atom stereocenters. The molecule has 0 radical (unpaired) electrons. The number of carbonyl (C=O) groups excluding carboxylic acids is 2. The van der Waals surface area contributed by atoms with E-state index in [1.165, 1.54) is 199 Å². The predicted octanol–water partition coefficient (Wildman–Crippen LogP) is 14.5. The molecule has 1 aliphatic rings. The van der Waals surface area contributed by atoms with Crippen LogP contribution in [-0.2, 0) is 23.8 Å². The van der Waals surface area contributed by atoms with Crippen LogP contribution >= 0.6 is 0 Å². The fourth-order valence-corrected chi connectivity index (χ4v) is 9.84. The summed E-state index contributed by atoms with van der Waals surface area (Å²) in [5.41, 5.74) is 0. The van der Waals surface area contributed by atoms with Crippen LogP contribution in [0.4, 0.5) is 0 Å². The number of allylic oxidation sites excluding steroid dienone is 3. The van der Waals surface area contributed by atoms with Crippen molar-refractivity contribution >= 4 is 11.9 Å². The average Bonchev–Trinajstić information content (AvgIpc) is 3.39. The van der Waals surface area contributed by atoms with Crippen LogP contribution in [0.15, 0.2) is 24.3 Å². The van der Waals surface area contributed by atoms with Gasteiger partial charge in [0.2, 0.25) is 5.91 Å². The van der Waals surface area contributed by atoms with Crippen molar-refractivity contribution in [1.29, 1.82) is 0 Å². The Morgan fingerprint density at radius 3 is 1.32 bits per heavy atom. The maximum Gasteiger partial charge on any atom is 0.305 e. The average molecular weight is 1040 g/mol. The molecule has 0 aliphatic carbocycles. The standard InChI is InChI=1S/C62H117NO10/c1-3-5-7-9-11-13-14-26-30-34-38-42-46-50-58(67)71-51-47-43-39-35-31-28-25-23-21-19-17-15-16-18-20-22-24-27-29-33-37-41-45-49-57(66)63-54(55(65)48-44-40-36-32-12-10-8-6-4-2)53-72-62-61(70)60(69)59(68)56(52-64)73-62/h18,20,44,48,54-56,59-62,64-65,68-70H,3-17,19,21-43,45-47,49-53H2,1-2H3,(H,63,66)/b20-18-,48-44+. The lowest BCUT2D eigenvalue weighted by molar-refractivity contribution is -0.302. The number of ether oxygens (including phenoxy) is 3. The molecule has 1 fully saturated rings. The molecule has 0 bridgehead atoms. The lowest BCUT2D eigenvalue weighted by Gasteiger charge is -2.40. The van der Waals surface area contributed by atoms with E-state index in [4.69, 9.17) is 14.2 Å². The van der Waals surface area contributed by atoms with Crippen molar-refractivity contribution in [2.24, 2.45) is 0 Å². The Bertz CT molecular complexity index is 1260. The van der Waals surface area contributed by atoms with Crippen molar-refractivity contribution in [3.05, 3.63) is 24.3 Å². The van der Waals surface area contributed by atoms with Gasteiger partial charge in [0.05, 0.1) is 32.0 Å². The van der Waals surface area contributed by atoms with Crippen molar-refractivity contribution in [2.45, 2.75) is 339 Å².